The van der Waals surface area contributed by atoms with Gasteiger partial charge in [-0.1, -0.05) is 6.07 Å². The van der Waals surface area contributed by atoms with Crippen LogP contribution < -0.4 is 35.8 Å². The molecule has 4 rings (SSSR count). The number of nitriles is 1. The lowest BCUT2D eigenvalue weighted by atomic mass is 10.1. The zero-order valence-electron chi connectivity index (χ0n) is 20.5. The Hall–Kier alpha value is -4.47. The first-order valence-electron chi connectivity index (χ1n) is 11.2. The third-order valence-electron chi connectivity index (χ3n) is 5.67. The Morgan fingerprint density at radius 1 is 1.08 bits per heavy atom. The average molecular weight is 523 g/mol. The molecule has 0 fully saturated rings. The summed E-state index contributed by atoms with van der Waals surface area (Å²) in [5.74, 6) is 0.249. The van der Waals surface area contributed by atoms with E-state index in [4.69, 9.17) is 14.2 Å². The van der Waals surface area contributed by atoms with Gasteiger partial charge >= 0.3 is 0 Å². The van der Waals surface area contributed by atoms with Crippen molar-refractivity contribution in [2.45, 2.75) is 6.04 Å². The third-order valence-corrected chi connectivity index (χ3v) is 6.56. The second kappa shape index (κ2) is 11.5. The van der Waals surface area contributed by atoms with E-state index in [0.717, 1.165) is 10.1 Å². The number of thiophene rings is 1. The summed E-state index contributed by atoms with van der Waals surface area (Å²) < 4.78 is 17.1. The van der Waals surface area contributed by atoms with E-state index in [1.165, 1.54) is 21.3 Å². The van der Waals surface area contributed by atoms with Crippen LogP contribution in [0.15, 0.2) is 53.7 Å². The molecule has 3 aromatic rings. The number of carbonyl (C=O) groups excluding carboxylic acids is 2. The summed E-state index contributed by atoms with van der Waals surface area (Å²) in [5, 5.41) is 19.8. The Morgan fingerprint density at radius 2 is 1.89 bits per heavy atom. The van der Waals surface area contributed by atoms with Crippen LogP contribution >= 0.6 is 11.3 Å². The van der Waals surface area contributed by atoms with Crippen molar-refractivity contribution in [1.29, 1.82) is 5.26 Å². The lowest BCUT2D eigenvalue weighted by Crippen LogP contribution is -2.42. The van der Waals surface area contributed by atoms with Crippen LogP contribution in [0.4, 0.5) is 0 Å². The Kier molecular flexibility index (Phi) is 7.97. The molecule has 1 aliphatic heterocycles. The fourth-order valence-corrected chi connectivity index (χ4v) is 4.59. The maximum atomic E-state index is 12.7. The molecule has 2 aromatic carbocycles. The molecule has 2 heterocycles. The second-order valence-corrected chi connectivity index (χ2v) is 8.81. The molecule has 0 saturated heterocycles. The van der Waals surface area contributed by atoms with Crippen LogP contribution in [0.25, 0.3) is 10.1 Å². The van der Waals surface area contributed by atoms with Crippen molar-refractivity contribution in [2.75, 3.05) is 34.4 Å². The number of methoxy groups -OCH3 is 3. The fourth-order valence-electron chi connectivity index (χ4n) is 3.82. The topological polar surface area (TPSA) is 137 Å². The van der Waals surface area contributed by atoms with Crippen molar-refractivity contribution in [3.8, 4) is 23.3 Å². The smallest absolute Gasteiger partial charge is 0.271 e. The highest BCUT2D eigenvalue weighted by atomic mass is 32.1. The van der Waals surface area contributed by atoms with Gasteiger partial charge in [-0.25, -0.2) is 0 Å². The van der Waals surface area contributed by atoms with Gasteiger partial charge in [-0.15, -0.1) is 16.9 Å². The molecule has 1 atom stereocenters. The molecular weight excluding hydrogens is 496 g/mol. The van der Waals surface area contributed by atoms with Crippen LogP contribution in [-0.2, 0) is 4.79 Å². The minimum absolute atomic E-state index is 0.241. The first-order valence-corrected chi connectivity index (χ1v) is 12.1. The van der Waals surface area contributed by atoms with Crippen LogP contribution in [-0.4, -0.2) is 51.2 Å². The molecule has 37 heavy (non-hydrogen) atoms. The van der Waals surface area contributed by atoms with Crippen molar-refractivity contribution < 1.29 is 23.8 Å². The number of amides is 2. The molecule has 0 radical (unpaired) electrons. The normalized spacial score (nSPS) is 13.2. The molecular formula is C25H26N6O5S. The van der Waals surface area contributed by atoms with E-state index in [9.17, 15) is 14.9 Å². The molecule has 4 N–H and O–H groups in total. The highest BCUT2D eigenvalue weighted by Crippen LogP contribution is 2.39. The van der Waals surface area contributed by atoms with Gasteiger partial charge < -0.3 is 24.8 Å². The largest absolute Gasteiger partial charge is 0.493 e. The monoisotopic (exact) mass is 522 g/mol. The van der Waals surface area contributed by atoms with Crippen molar-refractivity contribution >= 4 is 33.2 Å². The van der Waals surface area contributed by atoms with Crippen molar-refractivity contribution in [1.82, 2.24) is 26.6 Å². The Labute approximate surface area is 217 Å². The van der Waals surface area contributed by atoms with E-state index >= 15 is 0 Å². The predicted octanol–water partition coefficient (Wildman–Crippen LogP) is 2.20. The standard InChI is InChI=1S/C25H26N6O5S/c1-34-20-6-5-17(22(35-2)23(20)36-3)24(32)27-9-10-31-14-19(29-30-31)25(33)28-18(13-26)15-4-7-21-16(12-15)8-11-37-21/h4-8,11-12,14,18,29-30H,9-10H2,1-3H3,(H,27,32)(H,28,33). The third kappa shape index (κ3) is 5.53. The van der Waals surface area contributed by atoms with Gasteiger partial charge in [0.1, 0.15) is 11.7 Å². The lowest BCUT2D eigenvalue weighted by molar-refractivity contribution is -0.118. The fraction of sp³-hybridized carbons (Fsp3) is 0.240. The van der Waals surface area contributed by atoms with Crippen LogP contribution in [0, 0.1) is 11.3 Å². The molecule has 12 heteroatoms. The molecule has 192 valence electrons. The molecule has 11 nitrogen and oxygen atoms in total. The van der Waals surface area contributed by atoms with Crippen LogP contribution in [0.2, 0.25) is 0 Å². The van der Waals surface area contributed by atoms with E-state index in [1.54, 1.807) is 34.7 Å². The summed E-state index contributed by atoms with van der Waals surface area (Å²) in [6.07, 6.45) is 1.56. The van der Waals surface area contributed by atoms with Crippen LogP contribution in [0.5, 0.6) is 17.2 Å². The van der Waals surface area contributed by atoms with Gasteiger partial charge in [0.25, 0.3) is 11.8 Å². The Balaban J connectivity index is 1.33. The molecule has 1 unspecified atom stereocenters. The molecule has 1 aliphatic rings. The van der Waals surface area contributed by atoms with E-state index in [2.05, 4.69) is 27.7 Å². The Bertz CT molecular complexity index is 1380. The van der Waals surface area contributed by atoms with E-state index in [0.29, 0.717) is 29.2 Å². The number of rotatable bonds is 10. The first-order chi connectivity index (χ1) is 18.0. The number of nitrogens with zero attached hydrogens (tertiary/aromatic N) is 2. The van der Waals surface area contributed by atoms with E-state index in [1.807, 2.05) is 29.6 Å². The van der Waals surface area contributed by atoms with Gasteiger partial charge in [-0.05, 0) is 46.7 Å². The van der Waals surface area contributed by atoms with Gasteiger partial charge in [0.05, 0.1) is 39.5 Å². The second-order valence-electron chi connectivity index (χ2n) is 7.86. The summed E-state index contributed by atoms with van der Waals surface area (Å²) in [7, 11) is 4.41. The Morgan fingerprint density at radius 3 is 2.62 bits per heavy atom. The number of benzene rings is 2. The lowest BCUT2D eigenvalue weighted by Gasteiger charge is -2.17. The summed E-state index contributed by atoms with van der Waals surface area (Å²) in [6, 6.07) is 12.2. The van der Waals surface area contributed by atoms with Crippen molar-refractivity contribution in [2.24, 2.45) is 0 Å². The van der Waals surface area contributed by atoms with Crippen LogP contribution in [0.3, 0.4) is 0 Å². The molecule has 0 aliphatic carbocycles. The van der Waals surface area contributed by atoms with Crippen LogP contribution in [0.1, 0.15) is 22.0 Å². The average Bonchev–Trinajstić information content (AvgIpc) is 3.59. The van der Waals surface area contributed by atoms with E-state index < -0.39 is 11.9 Å². The maximum absolute atomic E-state index is 12.7. The van der Waals surface area contributed by atoms with Crippen molar-refractivity contribution in [3.05, 3.63) is 64.8 Å². The van der Waals surface area contributed by atoms with Gasteiger partial charge in [-0.3, -0.25) is 20.0 Å². The highest BCUT2D eigenvalue weighted by Gasteiger charge is 2.23. The summed E-state index contributed by atoms with van der Waals surface area (Å²) >= 11 is 1.62. The number of nitrogens with one attached hydrogen (secondary N) is 4. The predicted molar refractivity (Wildman–Crippen MR) is 138 cm³/mol. The number of hydrogen-bond acceptors (Lipinski definition) is 10. The molecule has 0 saturated carbocycles. The quantitative estimate of drug-likeness (QED) is 0.316. The van der Waals surface area contributed by atoms with Crippen molar-refractivity contribution in [3.63, 3.8) is 0 Å². The minimum Gasteiger partial charge on any atom is -0.493 e. The van der Waals surface area contributed by atoms with Gasteiger partial charge in [0.2, 0.25) is 5.75 Å². The molecule has 0 bridgehead atoms. The molecule has 1 aromatic heterocycles. The number of hydrogen-bond donors (Lipinski definition) is 4. The van der Waals surface area contributed by atoms with Gasteiger partial charge in [0, 0.05) is 17.4 Å². The zero-order valence-corrected chi connectivity index (χ0v) is 21.3. The summed E-state index contributed by atoms with van der Waals surface area (Å²) in [5.41, 5.74) is 6.87. The summed E-state index contributed by atoms with van der Waals surface area (Å²) in [4.78, 5) is 25.5. The minimum atomic E-state index is -0.802. The maximum Gasteiger partial charge on any atom is 0.271 e. The summed E-state index contributed by atoms with van der Waals surface area (Å²) in [6.45, 7) is 0.611. The SMILES string of the molecule is COc1ccc(C(=O)NCCN2C=C(C(=O)NC(C#N)c3ccc4sccc4c3)NN2)c(OC)c1OC. The number of ether oxygens (including phenoxy) is 3. The van der Waals surface area contributed by atoms with Gasteiger partial charge in [-0.2, -0.15) is 5.26 Å². The first kappa shape index (κ1) is 25.6. The van der Waals surface area contributed by atoms with E-state index in [-0.39, 0.29) is 23.9 Å². The van der Waals surface area contributed by atoms with Gasteiger partial charge in [0.15, 0.2) is 11.5 Å². The number of hydrazine groups is 2. The molecule has 2 amide bonds. The molecule has 0 spiro atoms. The number of fused-ring (bicyclic) bond motifs is 1. The zero-order chi connectivity index (χ0) is 26.4. The highest BCUT2D eigenvalue weighted by molar-refractivity contribution is 7.17. The number of carbonyl (C=O) groups is 2.